The summed E-state index contributed by atoms with van der Waals surface area (Å²) < 4.78 is 5.85. The van der Waals surface area contributed by atoms with Gasteiger partial charge in [0.15, 0.2) is 0 Å². The maximum absolute atomic E-state index is 11.1. The molecule has 1 atom stereocenters. The Morgan fingerprint density at radius 2 is 2.09 bits per heavy atom. The Morgan fingerprint density at radius 3 is 2.87 bits per heavy atom. The maximum Gasteiger partial charge on any atom is 0.335 e. The Hall–Kier alpha value is -1.88. The summed E-state index contributed by atoms with van der Waals surface area (Å²) in [5, 5.41) is 9.79. The lowest BCUT2D eigenvalue weighted by Crippen LogP contribution is -2.37. The lowest BCUT2D eigenvalue weighted by molar-refractivity contribution is -0.0329. The van der Waals surface area contributed by atoms with Gasteiger partial charge in [-0.25, -0.2) is 4.79 Å². The number of ether oxygens (including phenoxy) is 1. The first-order chi connectivity index (χ1) is 11.1. The smallest absolute Gasteiger partial charge is 0.335 e. The summed E-state index contributed by atoms with van der Waals surface area (Å²) in [6.07, 6.45) is -0.00916. The van der Waals surface area contributed by atoms with E-state index in [2.05, 4.69) is 4.90 Å². The van der Waals surface area contributed by atoms with Gasteiger partial charge in [-0.3, -0.25) is 4.90 Å². The Bertz CT molecular complexity index is 704. The lowest BCUT2D eigenvalue weighted by atomic mass is 10.1. The van der Waals surface area contributed by atoms with Gasteiger partial charge in [0, 0.05) is 24.7 Å². The molecule has 2 aromatic rings. The molecule has 0 aliphatic carbocycles. The molecule has 1 unspecified atom stereocenters. The van der Waals surface area contributed by atoms with Crippen LogP contribution < -0.4 is 0 Å². The van der Waals surface area contributed by atoms with Crippen LogP contribution in [0.1, 0.15) is 27.6 Å². The Labute approximate surface area is 140 Å². The van der Waals surface area contributed by atoms with Gasteiger partial charge in [0.2, 0.25) is 0 Å². The molecule has 1 aliphatic rings. The van der Waals surface area contributed by atoms with E-state index in [0.29, 0.717) is 23.7 Å². The standard InChI is InChI=1S/C18H18ClNO3/c19-16-6-2-4-14(10-16)17-12-20(7-8-23-17)11-13-3-1-5-15(9-13)18(21)22/h1-6,9-10,17H,7-8,11-12H2,(H,21,22). The van der Waals surface area contributed by atoms with Crippen LogP contribution in [0.4, 0.5) is 0 Å². The molecule has 23 heavy (non-hydrogen) atoms. The van der Waals surface area contributed by atoms with Gasteiger partial charge in [0.1, 0.15) is 0 Å². The van der Waals surface area contributed by atoms with E-state index >= 15 is 0 Å². The summed E-state index contributed by atoms with van der Waals surface area (Å²) in [5.74, 6) is -0.898. The molecule has 4 nitrogen and oxygen atoms in total. The number of hydrogen-bond donors (Lipinski definition) is 1. The minimum Gasteiger partial charge on any atom is -0.478 e. The summed E-state index contributed by atoms with van der Waals surface area (Å²) in [5.41, 5.74) is 2.39. The zero-order chi connectivity index (χ0) is 16.2. The summed E-state index contributed by atoms with van der Waals surface area (Å²) in [4.78, 5) is 13.3. The SMILES string of the molecule is O=C(O)c1cccc(CN2CCOC(c3cccc(Cl)c3)C2)c1. The Balaban J connectivity index is 1.69. The van der Waals surface area contributed by atoms with Crippen molar-refractivity contribution in [1.82, 2.24) is 4.90 Å². The van der Waals surface area contributed by atoms with E-state index in [0.717, 1.165) is 24.2 Å². The first-order valence-electron chi connectivity index (χ1n) is 7.53. The molecule has 0 radical (unpaired) electrons. The van der Waals surface area contributed by atoms with E-state index in [4.69, 9.17) is 21.4 Å². The van der Waals surface area contributed by atoms with Crippen LogP contribution in [-0.4, -0.2) is 35.7 Å². The highest BCUT2D eigenvalue weighted by Gasteiger charge is 2.22. The number of rotatable bonds is 4. The molecule has 1 fully saturated rings. The molecule has 3 rings (SSSR count). The zero-order valence-electron chi connectivity index (χ0n) is 12.6. The molecule has 2 aromatic carbocycles. The molecular formula is C18H18ClNO3. The van der Waals surface area contributed by atoms with Crippen LogP contribution in [0.25, 0.3) is 0 Å². The predicted molar refractivity (Wildman–Crippen MR) is 88.8 cm³/mol. The van der Waals surface area contributed by atoms with Gasteiger partial charge < -0.3 is 9.84 Å². The second kappa shape index (κ2) is 7.13. The highest BCUT2D eigenvalue weighted by Crippen LogP contribution is 2.25. The van der Waals surface area contributed by atoms with Crippen LogP contribution in [0.5, 0.6) is 0 Å². The third kappa shape index (κ3) is 4.10. The van der Waals surface area contributed by atoms with Crippen molar-refractivity contribution in [3.63, 3.8) is 0 Å². The molecule has 0 saturated carbocycles. The van der Waals surface area contributed by atoms with Gasteiger partial charge in [-0.1, -0.05) is 35.9 Å². The fraction of sp³-hybridized carbons (Fsp3) is 0.278. The number of aromatic carboxylic acids is 1. The highest BCUT2D eigenvalue weighted by molar-refractivity contribution is 6.30. The van der Waals surface area contributed by atoms with Gasteiger partial charge in [-0.15, -0.1) is 0 Å². The number of benzene rings is 2. The average Bonchev–Trinajstić information content (AvgIpc) is 2.55. The van der Waals surface area contributed by atoms with Crippen molar-refractivity contribution < 1.29 is 14.6 Å². The number of hydrogen-bond acceptors (Lipinski definition) is 3. The number of halogens is 1. The largest absolute Gasteiger partial charge is 0.478 e. The first kappa shape index (κ1) is 16.0. The van der Waals surface area contributed by atoms with Crippen molar-refractivity contribution in [1.29, 1.82) is 0 Å². The van der Waals surface area contributed by atoms with Crippen LogP contribution in [0.2, 0.25) is 5.02 Å². The Kier molecular flexibility index (Phi) is 4.96. The fourth-order valence-electron chi connectivity index (χ4n) is 2.82. The molecular weight excluding hydrogens is 314 g/mol. The van der Waals surface area contributed by atoms with Crippen molar-refractivity contribution in [2.45, 2.75) is 12.6 Å². The topological polar surface area (TPSA) is 49.8 Å². The normalized spacial score (nSPS) is 18.7. The van der Waals surface area contributed by atoms with Crippen LogP contribution in [-0.2, 0) is 11.3 Å². The number of morpholine rings is 1. The molecule has 1 heterocycles. The van der Waals surface area contributed by atoms with E-state index in [-0.39, 0.29) is 6.10 Å². The molecule has 0 amide bonds. The van der Waals surface area contributed by atoms with E-state index in [9.17, 15) is 4.79 Å². The summed E-state index contributed by atoms with van der Waals surface area (Å²) in [6.45, 7) is 2.95. The van der Waals surface area contributed by atoms with Crippen LogP contribution in [0.3, 0.4) is 0 Å². The van der Waals surface area contributed by atoms with Gasteiger partial charge in [0.25, 0.3) is 0 Å². The predicted octanol–water partition coefficient (Wildman–Crippen LogP) is 3.61. The van der Waals surface area contributed by atoms with Crippen LogP contribution in [0.15, 0.2) is 48.5 Å². The van der Waals surface area contributed by atoms with Crippen molar-refractivity contribution in [3.05, 3.63) is 70.2 Å². The molecule has 1 N–H and O–H groups in total. The first-order valence-corrected chi connectivity index (χ1v) is 7.91. The highest BCUT2D eigenvalue weighted by atomic mass is 35.5. The third-order valence-corrected chi connectivity index (χ3v) is 4.19. The monoisotopic (exact) mass is 331 g/mol. The summed E-state index contributed by atoms with van der Waals surface area (Å²) in [7, 11) is 0. The van der Waals surface area contributed by atoms with Gasteiger partial charge in [-0.2, -0.15) is 0 Å². The number of carbonyl (C=O) groups is 1. The molecule has 1 aliphatic heterocycles. The zero-order valence-corrected chi connectivity index (χ0v) is 13.4. The second-order valence-electron chi connectivity index (χ2n) is 5.66. The van der Waals surface area contributed by atoms with E-state index < -0.39 is 5.97 Å². The van der Waals surface area contributed by atoms with Gasteiger partial charge in [0.05, 0.1) is 18.3 Å². The lowest BCUT2D eigenvalue weighted by Gasteiger charge is -2.33. The third-order valence-electron chi connectivity index (χ3n) is 3.95. The molecule has 0 aromatic heterocycles. The van der Waals surface area contributed by atoms with Crippen molar-refractivity contribution in [3.8, 4) is 0 Å². The fourth-order valence-corrected chi connectivity index (χ4v) is 3.01. The molecule has 0 spiro atoms. The maximum atomic E-state index is 11.1. The van der Waals surface area contributed by atoms with Gasteiger partial charge >= 0.3 is 5.97 Å². The molecule has 120 valence electrons. The quantitative estimate of drug-likeness (QED) is 0.929. The average molecular weight is 332 g/mol. The van der Waals surface area contributed by atoms with Crippen LogP contribution in [0, 0.1) is 0 Å². The van der Waals surface area contributed by atoms with Crippen molar-refractivity contribution in [2.75, 3.05) is 19.7 Å². The van der Waals surface area contributed by atoms with Gasteiger partial charge in [-0.05, 0) is 35.4 Å². The van der Waals surface area contributed by atoms with Crippen molar-refractivity contribution in [2.24, 2.45) is 0 Å². The van der Waals surface area contributed by atoms with E-state index in [1.165, 1.54) is 0 Å². The summed E-state index contributed by atoms with van der Waals surface area (Å²) in [6, 6.07) is 14.8. The number of carboxylic acid groups (broad SMARTS) is 1. The van der Waals surface area contributed by atoms with Crippen molar-refractivity contribution >= 4 is 17.6 Å². The minimum absolute atomic E-state index is 0.00916. The molecule has 5 heteroatoms. The van der Waals surface area contributed by atoms with E-state index in [1.807, 2.05) is 30.3 Å². The second-order valence-corrected chi connectivity index (χ2v) is 6.09. The van der Waals surface area contributed by atoms with Crippen LogP contribution >= 0.6 is 11.6 Å². The summed E-state index contributed by atoms with van der Waals surface area (Å²) >= 11 is 6.05. The van der Waals surface area contributed by atoms with E-state index in [1.54, 1.807) is 18.2 Å². The minimum atomic E-state index is -0.898. The Morgan fingerprint density at radius 1 is 1.26 bits per heavy atom. The molecule has 0 bridgehead atoms. The molecule has 1 saturated heterocycles. The number of carboxylic acids is 1. The number of nitrogens with zero attached hydrogens (tertiary/aromatic N) is 1.